The molecule has 2 saturated carbocycles. The topological polar surface area (TPSA) is 17.8 Å². The second-order valence-corrected chi connectivity index (χ2v) is 7.20. The lowest BCUT2D eigenvalue weighted by Crippen LogP contribution is -2.25. The number of aryl methyl sites for hydroxylation is 2. The summed E-state index contributed by atoms with van der Waals surface area (Å²) in [6, 6.07) is 0. The summed E-state index contributed by atoms with van der Waals surface area (Å²) < 4.78 is 3.33. The first kappa shape index (κ1) is 13.0. The Morgan fingerprint density at radius 1 is 1.44 bits per heavy atom. The lowest BCUT2D eigenvalue weighted by atomic mass is 9.80. The van der Waals surface area contributed by atoms with Crippen molar-refractivity contribution in [3.63, 3.8) is 0 Å². The smallest absolute Gasteiger partial charge is 0.0738 e. The van der Waals surface area contributed by atoms with Gasteiger partial charge in [-0.05, 0) is 72.7 Å². The van der Waals surface area contributed by atoms with Crippen molar-refractivity contribution in [2.75, 3.05) is 5.88 Å². The second kappa shape index (κ2) is 4.52. The van der Waals surface area contributed by atoms with Gasteiger partial charge in [0.2, 0.25) is 0 Å². The number of alkyl halides is 1. The number of hydrogen-bond donors (Lipinski definition) is 0. The summed E-state index contributed by atoms with van der Waals surface area (Å²) in [4.78, 5) is 0. The van der Waals surface area contributed by atoms with Crippen molar-refractivity contribution < 1.29 is 0 Å². The summed E-state index contributed by atoms with van der Waals surface area (Å²) in [5, 5.41) is 4.59. The van der Waals surface area contributed by atoms with Gasteiger partial charge in [0.15, 0.2) is 0 Å². The Labute approximate surface area is 122 Å². The zero-order valence-corrected chi connectivity index (χ0v) is 13.4. The van der Waals surface area contributed by atoms with Gasteiger partial charge < -0.3 is 0 Å². The molecular weight excluding hydrogens is 312 g/mol. The maximum absolute atomic E-state index is 6.31. The van der Waals surface area contributed by atoms with Crippen molar-refractivity contribution in [1.29, 1.82) is 0 Å². The minimum atomic E-state index is 0.330. The Morgan fingerprint density at radius 2 is 2.11 bits per heavy atom. The van der Waals surface area contributed by atoms with E-state index in [1.54, 1.807) is 0 Å². The van der Waals surface area contributed by atoms with Gasteiger partial charge in [0.1, 0.15) is 0 Å². The van der Waals surface area contributed by atoms with Crippen molar-refractivity contribution >= 4 is 27.5 Å². The molecule has 18 heavy (non-hydrogen) atoms. The van der Waals surface area contributed by atoms with Crippen LogP contribution in [0, 0.1) is 24.2 Å². The Bertz CT molecular complexity index is 459. The van der Waals surface area contributed by atoms with Gasteiger partial charge in [-0.2, -0.15) is 5.10 Å². The number of rotatable bonds is 4. The van der Waals surface area contributed by atoms with E-state index in [9.17, 15) is 0 Å². The van der Waals surface area contributed by atoms with Crippen LogP contribution in [-0.4, -0.2) is 15.7 Å². The van der Waals surface area contributed by atoms with Gasteiger partial charge in [-0.1, -0.05) is 0 Å². The molecule has 100 valence electrons. The zero-order valence-electron chi connectivity index (χ0n) is 11.0. The van der Waals surface area contributed by atoms with Crippen LogP contribution in [-0.2, 0) is 13.0 Å². The summed E-state index contributed by atoms with van der Waals surface area (Å²) >= 11 is 10.0. The highest BCUT2D eigenvalue weighted by Gasteiger charge is 2.53. The van der Waals surface area contributed by atoms with Crippen LogP contribution in [0.4, 0.5) is 0 Å². The van der Waals surface area contributed by atoms with Crippen LogP contribution in [0.1, 0.15) is 37.6 Å². The van der Waals surface area contributed by atoms with Crippen LogP contribution in [0.3, 0.4) is 0 Å². The quantitative estimate of drug-likeness (QED) is 0.757. The Morgan fingerprint density at radius 3 is 2.67 bits per heavy atom. The number of hydrogen-bond acceptors (Lipinski definition) is 1. The van der Waals surface area contributed by atoms with Crippen molar-refractivity contribution in [2.45, 2.75) is 46.1 Å². The van der Waals surface area contributed by atoms with Crippen molar-refractivity contribution in [2.24, 2.45) is 17.3 Å². The largest absolute Gasteiger partial charge is 0.268 e. The van der Waals surface area contributed by atoms with Gasteiger partial charge in [-0.15, -0.1) is 11.6 Å². The number of aromatic nitrogens is 2. The van der Waals surface area contributed by atoms with E-state index >= 15 is 0 Å². The molecule has 0 spiro atoms. The normalized spacial score (nSPS) is 33.8. The molecular formula is C14H20BrClN2. The molecule has 0 aromatic carbocycles. The number of halogens is 2. The Hall–Kier alpha value is -0.0200. The highest BCUT2D eigenvalue weighted by molar-refractivity contribution is 9.10. The highest BCUT2D eigenvalue weighted by atomic mass is 79.9. The maximum Gasteiger partial charge on any atom is 0.0738 e. The first-order valence-corrected chi connectivity index (χ1v) is 8.19. The first-order chi connectivity index (χ1) is 8.58. The van der Waals surface area contributed by atoms with E-state index in [4.69, 9.17) is 11.6 Å². The molecule has 0 amide bonds. The molecule has 2 aliphatic carbocycles. The minimum absolute atomic E-state index is 0.330. The highest BCUT2D eigenvalue weighted by Crippen LogP contribution is 2.61. The van der Waals surface area contributed by atoms with E-state index in [0.717, 1.165) is 36.4 Å². The molecule has 2 nitrogen and oxygen atoms in total. The molecule has 1 aromatic rings. The van der Waals surface area contributed by atoms with Gasteiger partial charge in [0, 0.05) is 12.4 Å². The van der Waals surface area contributed by atoms with E-state index in [1.165, 1.54) is 29.4 Å². The fourth-order valence-electron chi connectivity index (χ4n) is 3.70. The minimum Gasteiger partial charge on any atom is -0.268 e. The average Bonchev–Trinajstić information content (AvgIpc) is 2.90. The molecule has 3 rings (SSSR count). The molecule has 2 unspecified atom stereocenters. The van der Waals surface area contributed by atoms with Crippen LogP contribution in [0.15, 0.2) is 4.47 Å². The van der Waals surface area contributed by atoms with E-state index < -0.39 is 0 Å². The molecule has 2 fully saturated rings. The first-order valence-electron chi connectivity index (χ1n) is 6.86. The molecule has 2 aliphatic rings. The predicted octanol–water partition coefficient (Wildman–Crippen LogP) is 4.17. The standard InChI is InChI=1S/C14H20BrClN2/c1-3-18-12(13(15)9(2)17-18)7-14(8-16)5-10-4-11(10)6-14/h10-11H,3-8H2,1-2H3. The van der Waals surface area contributed by atoms with Crippen LogP contribution >= 0.6 is 27.5 Å². The van der Waals surface area contributed by atoms with Gasteiger partial charge in [0.25, 0.3) is 0 Å². The van der Waals surface area contributed by atoms with Crippen LogP contribution in [0.5, 0.6) is 0 Å². The zero-order chi connectivity index (χ0) is 12.9. The fraction of sp³-hybridized carbons (Fsp3) is 0.786. The van der Waals surface area contributed by atoms with Crippen LogP contribution in [0.2, 0.25) is 0 Å². The average molecular weight is 332 g/mol. The summed E-state index contributed by atoms with van der Waals surface area (Å²) in [5.74, 6) is 2.74. The molecule has 1 aromatic heterocycles. The van der Waals surface area contributed by atoms with Gasteiger partial charge in [0.05, 0.1) is 15.9 Å². The molecule has 1 heterocycles. The molecule has 2 atom stereocenters. The van der Waals surface area contributed by atoms with Gasteiger partial charge >= 0.3 is 0 Å². The summed E-state index contributed by atoms with van der Waals surface area (Å²) in [5.41, 5.74) is 2.77. The van der Waals surface area contributed by atoms with E-state index in [0.29, 0.717) is 5.41 Å². The fourth-order valence-corrected chi connectivity index (χ4v) is 4.44. The van der Waals surface area contributed by atoms with Crippen molar-refractivity contribution in [3.8, 4) is 0 Å². The molecule has 0 saturated heterocycles. The summed E-state index contributed by atoms with van der Waals surface area (Å²) in [6.45, 7) is 5.16. The molecule has 0 N–H and O–H groups in total. The SMILES string of the molecule is CCn1nc(C)c(Br)c1CC1(CCl)CC2CC2C1. The lowest BCUT2D eigenvalue weighted by molar-refractivity contribution is 0.294. The van der Waals surface area contributed by atoms with Crippen LogP contribution in [0.25, 0.3) is 0 Å². The monoisotopic (exact) mass is 330 g/mol. The van der Waals surface area contributed by atoms with E-state index in [-0.39, 0.29) is 0 Å². The second-order valence-electron chi connectivity index (χ2n) is 6.14. The molecule has 0 aliphatic heterocycles. The third kappa shape index (κ3) is 2.03. The lowest BCUT2D eigenvalue weighted by Gasteiger charge is -2.28. The third-order valence-corrected chi connectivity index (χ3v) is 6.34. The van der Waals surface area contributed by atoms with Crippen molar-refractivity contribution in [1.82, 2.24) is 9.78 Å². The number of nitrogens with zero attached hydrogens (tertiary/aromatic N) is 2. The summed E-state index contributed by atoms with van der Waals surface area (Å²) in [6.07, 6.45) is 5.17. The Balaban J connectivity index is 1.87. The Kier molecular flexibility index (Phi) is 3.26. The van der Waals surface area contributed by atoms with E-state index in [2.05, 4.69) is 39.6 Å². The predicted molar refractivity (Wildman–Crippen MR) is 78.0 cm³/mol. The molecule has 0 bridgehead atoms. The van der Waals surface area contributed by atoms with E-state index in [1.807, 2.05) is 0 Å². The van der Waals surface area contributed by atoms with Crippen molar-refractivity contribution in [3.05, 3.63) is 15.9 Å². The maximum atomic E-state index is 6.31. The number of fused-ring (bicyclic) bond motifs is 1. The molecule has 4 heteroatoms. The van der Waals surface area contributed by atoms with Gasteiger partial charge in [-0.3, -0.25) is 4.68 Å². The summed E-state index contributed by atoms with van der Waals surface area (Å²) in [7, 11) is 0. The molecule has 0 radical (unpaired) electrons. The van der Waals surface area contributed by atoms with Gasteiger partial charge in [-0.25, -0.2) is 0 Å². The van der Waals surface area contributed by atoms with Crippen LogP contribution < -0.4 is 0 Å². The third-order valence-electron chi connectivity index (χ3n) is 4.74.